The van der Waals surface area contributed by atoms with Crippen LogP contribution in [0.5, 0.6) is 5.75 Å². The molecule has 35 heavy (non-hydrogen) atoms. The van der Waals surface area contributed by atoms with Crippen molar-refractivity contribution in [3.05, 3.63) is 90.8 Å². The number of thioether (sulfide) groups is 1. The summed E-state index contributed by atoms with van der Waals surface area (Å²) in [5.74, 6) is -0.764. The Morgan fingerprint density at radius 2 is 1.86 bits per heavy atom. The molecule has 1 fully saturated rings. The van der Waals surface area contributed by atoms with Crippen molar-refractivity contribution in [3.63, 3.8) is 0 Å². The minimum Gasteiger partial charge on any atom is -0.486 e. The predicted molar refractivity (Wildman–Crippen MR) is 134 cm³/mol. The number of rotatable bonds is 7. The molecule has 7 nitrogen and oxygen atoms in total. The van der Waals surface area contributed by atoms with Crippen molar-refractivity contribution in [1.82, 2.24) is 4.90 Å². The average molecular weight is 625 g/mol. The van der Waals surface area contributed by atoms with Crippen molar-refractivity contribution in [2.75, 3.05) is 7.11 Å². The quantitative estimate of drug-likeness (QED) is 0.218. The fourth-order valence-corrected chi connectivity index (χ4v) is 5.47. The molecule has 180 valence electrons. The molecule has 11 heteroatoms. The number of carbonyl (C=O) groups excluding carboxylic acids is 3. The Bertz CT molecular complexity index is 1330. The van der Waals surface area contributed by atoms with Gasteiger partial charge < -0.3 is 13.9 Å². The summed E-state index contributed by atoms with van der Waals surface area (Å²) in [4.78, 5) is 38.1. The standard InChI is InChI=1S/C24H16Br2FNO6S/c1-32-23(30)19-7-6-15(34-19)11-28-22(29)20(35-24(28)31)10-13-8-16(25)21(17(26)9-13)33-12-14-4-2-3-5-18(14)27/h2-10H,11-12H2,1H3/b20-10+. The van der Waals surface area contributed by atoms with Crippen LogP contribution in [-0.2, 0) is 22.7 Å². The van der Waals surface area contributed by atoms with Gasteiger partial charge in [-0.15, -0.1) is 0 Å². The lowest BCUT2D eigenvalue weighted by Crippen LogP contribution is -2.27. The summed E-state index contributed by atoms with van der Waals surface area (Å²) in [6.07, 6.45) is 1.59. The lowest BCUT2D eigenvalue weighted by molar-refractivity contribution is -0.123. The lowest BCUT2D eigenvalue weighted by Gasteiger charge is -2.12. The number of furan rings is 1. The normalized spacial score (nSPS) is 14.6. The summed E-state index contributed by atoms with van der Waals surface area (Å²) in [5.41, 5.74) is 1.05. The van der Waals surface area contributed by atoms with E-state index < -0.39 is 17.1 Å². The van der Waals surface area contributed by atoms with Crippen molar-refractivity contribution in [2.24, 2.45) is 0 Å². The third-order valence-electron chi connectivity index (χ3n) is 4.88. The van der Waals surface area contributed by atoms with Crippen LogP contribution in [0, 0.1) is 5.82 Å². The van der Waals surface area contributed by atoms with Crippen molar-refractivity contribution in [3.8, 4) is 5.75 Å². The first-order valence-electron chi connectivity index (χ1n) is 10.0. The lowest BCUT2D eigenvalue weighted by atomic mass is 10.2. The molecule has 0 unspecified atom stereocenters. The van der Waals surface area contributed by atoms with Crippen molar-refractivity contribution < 1.29 is 32.7 Å². The Hall–Kier alpha value is -2.89. The average Bonchev–Trinajstić information content (AvgIpc) is 3.39. The fraction of sp³-hybridized carbons (Fsp3) is 0.125. The number of hydrogen-bond acceptors (Lipinski definition) is 7. The number of carbonyl (C=O) groups is 3. The van der Waals surface area contributed by atoms with Gasteiger partial charge in [-0.2, -0.15) is 0 Å². The fourth-order valence-electron chi connectivity index (χ4n) is 3.18. The summed E-state index contributed by atoms with van der Waals surface area (Å²) < 4.78 is 30.8. The van der Waals surface area contributed by atoms with E-state index >= 15 is 0 Å². The molecule has 1 aromatic heterocycles. The van der Waals surface area contributed by atoms with E-state index in [2.05, 4.69) is 36.6 Å². The Labute approximate surface area is 220 Å². The van der Waals surface area contributed by atoms with Crippen molar-refractivity contribution in [1.29, 1.82) is 0 Å². The zero-order valence-corrected chi connectivity index (χ0v) is 22.0. The minimum absolute atomic E-state index is 0.0166. The van der Waals surface area contributed by atoms with Gasteiger partial charge in [0.15, 0.2) is 0 Å². The maximum absolute atomic E-state index is 13.9. The monoisotopic (exact) mass is 623 g/mol. The van der Waals surface area contributed by atoms with E-state index in [0.29, 0.717) is 25.8 Å². The number of esters is 1. The van der Waals surface area contributed by atoms with Crippen LogP contribution in [0.1, 0.15) is 27.4 Å². The maximum Gasteiger partial charge on any atom is 0.373 e. The molecule has 2 amide bonds. The van der Waals surface area contributed by atoms with Crippen LogP contribution in [0.15, 0.2) is 66.8 Å². The van der Waals surface area contributed by atoms with Gasteiger partial charge in [0, 0.05) is 5.56 Å². The molecule has 2 aromatic carbocycles. The second-order valence-electron chi connectivity index (χ2n) is 7.22. The molecule has 3 aromatic rings. The van der Waals surface area contributed by atoms with E-state index in [-0.39, 0.29) is 35.4 Å². The number of imide groups is 1. The van der Waals surface area contributed by atoms with E-state index in [1.165, 1.54) is 25.3 Å². The van der Waals surface area contributed by atoms with E-state index in [1.54, 1.807) is 36.4 Å². The summed E-state index contributed by atoms with van der Waals surface area (Å²) in [5, 5.41) is -0.458. The van der Waals surface area contributed by atoms with Gasteiger partial charge in [0.1, 0.15) is 23.9 Å². The number of ether oxygens (including phenoxy) is 2. The number of methoxy groups -OCH3 is 1. The van der Waals surface area contributed by atoms with Crippen LogP contribution in [0.4, 0.5) is 9.18 Å². The first-order valence-corrected chi connectivity index (χ1v) is 12.4. The van der Waals surface area contributed by atoms with Crippen LogP contribution in [-0.4, -0.2) is 29.1 Å². The topological polar surface area (TPSA) is 86.0 Å². The number of amides is 2. The van der Waals surface area contributed by atoms with Gasteiger partial charge in [-0.05, 0) is 85.6 Å². The maximum atomic E-state index is 13.9. The van der Waals surface area contributed by atoms with E-state index in [0.717, 1.165) is 16.7 Å². The summed E-state index contributed by atoms with van der Waals surface area (Å²) in [6, 6.07) is 12.7. The Morgan fingerprint density at radius 3 is 2.54 bits per heavy atom. The zero-order chi connectivity index (χ0) is 25.1. The molecule has 1 aliphatic heterocycles. The highest BCUT2D eigenvalue weighted by Gasteiger charge is 2.36. The molecule has 0 atom stereocenters. The first kappa shape index (κ1) is 25.2. The molecule has 0 spiro atoms. The molecule has 0 aliphatic carbocycles. The second-order valence-corrected chi connectivity index (χ2v) is 9.92. The summed E-state index contributed by atoms with van der Waals surface area (Å²) in [7, 11) is 1.23. The molecular formula is C24H16Br2FNO6S. The molecule has 1 saturated heterocycles. The van der Waals surface area contributed by atoms with Gasteiger partial charge in [-0.3, -0.25) is 14.5 Å². The molecule has 0 bridgehead atoms. The van der Waals surface area contributed by atoms with Crippen LogP contribution >= 0.6 is 43.6 Å². The molecular weight excluding hydrogens is 609 g/mol. The number of hydrogen-bond donors (Lipinski definition) is 0. The third-order valence-corrected chi connectivity index (χ3v) is 6.97. The summed E-state index contributed by atoms with van der Waals surface area (Å²) >= 11 is 7.69. The van der Waals surface area contributed by atoms with Gasteiger partial charge in [0.05, 0.1) is 27.5 Å². The van der Waals surface area contributed by atoms with E-state index in [4.69, 9.17) is 9.15 Å². The number of benzene rings is 2. The van der Waals surface area contributed by atoms with Gasteiger partial charge >= 0.3 is 5.97 Å². The third kappa shape index (κ3) is 5.68. The first-order chi connectivity index (χ1) is 16.8. The van der Waals surface area contributed by atoms with Gasteiger partial charge in [-0.1, -0.05) is 18.2 Å². The highest BCUT2D eigenvalue weighted by molar-refractivity contribution is 9.11. The molecule has 1 aliphatic rings. The number of halogens is 3. The summed E-state index contributed by atoms with van der Waals surface area (Å²) in [6.45, 7) is -0.0816. The van der Waals surface area contributed by atoms with E-state index in [9.17, 15) is 18.8 Å². The van der Waals surface area contributed by atoms with Crippen LogP contribution in [0.2, 0.25) is 0 Å². The van der Waals surface area contributed by atoms with E-state index in [1.807, 2.05) is 0 Å². The molecule has 0 saturated carbocycles. The van der Waals surface area contributed by atoms with Gasteiger partial charge in [-0.25, -0.2) is 9.18 Å². The predicted octanol–water partition coefficient (Wildman–Crippen LogP) is 6.55. The molecule has 0 radical (unpaired) electrons. The number of nitrogens with zero attached hydrogens (tertiary/aromatic N) is 1. The second kappa shape index (κ2) is 10.8. The largest absolute Gasteiger partial charge is 0.486 e. The Kier molecular flexibility index (Phi) is 7.78. The van der Waals surface area contributed by atoms with Gasteiger partial charge in [0.2, 0.25) is 5.76 Å². The van der Waals surface area contributed by atoms with Crippen molar-refractivity contribution >= 4 is 66.8 Å². The molecule has 4 rings (SSSR count). The zero-order valence-electron chi connectivity index (χ0n) is 18.0. The SMILES string of the molecule is COC(=O)c1ccc(CN2C(=O)S/C(=C/c3cc(Br)c(OCc4ccccc4F)c(Br)c3)C2=O)o1. The van der Waals surface area contributed by atoms with Gasteiger partial charge in [0.25, 0.3) is 11.1 Å². The van der Waals surface area contributed by atoms with Crippen LogP contribution in [0.25, 0.3) is 6.08 Å². The van der Waals surface area contributed by atoms with Crippen molar-refractivity contribution in [2.45, 2.75) is 13.2 Å². The Morgan fingerprint density at radius 1 is 1.14 bits per heavy atom. The smallest absolute Gasteiger partial charge is 0.373 e. The molecule has 2 heterocycles. The Balaban J connectivity index is 1.48. The minimum atomic E-state index is -0.650. The molecule has 0 N–H and O–H groups in total. The van der Waals surface area contributed by atoms with Crippen LogP contribution < -0.4 is 4.74 Å². The van der Waals surface area contributed by atoms with Crippen LogP contribution in [0.3, 0.4) is 0 Å². The highest BCUT2D eigenvalue weighted by atomic mass is 79.9. The highest BCUT2D eigenvalue weighted by Crippen LogP contribution is 2.38.